The van der Waals surface area contributed by atoms with E-state index in [2.05, 4.69) is 15.9 Å². The minimum atomic E-state index is -0.544. The Balaban J connectivity index is 2.07. The number of carbonyl (C=O) groups is 1. The molecule has 0 bridgehead atoms. The number of amides is 1. The minimum absolute atomic E-state index is 0.155. The van der Waals surface area contributed by atoms with E-state index in [4.69, 9.17) is 0 Å². The molecule has 7 heteroatoms. The van der Waals surface area contributed by atoms with Crippen LogP contribution >= 0.6 is 15.9 Å². The molecule has 1 heterocycles. The van der Waals surface area contributed by atoms with Gasteiger partial charge >= 0.3 is 0 Å². The highest BCUT2D eigenvalue weighted by Crippen LogP contribution is 2.34. The number of fused-ring (bicyclic) bond motifs is 1. The summed E-state index contributed by atoms with van der Waals surface area (Å²) in [4.78, 5) is 24.7. The van der Waals surface area contributed by atoms with Gasteiger partial charge in [0.05, 0.1) is 10.6 Å². The van der Waals surface area contributed by atoms with Crippen LogP contribution in [0.15, 0.2) is 34.8 Å². The highest BCUT2D eigenvalue weighted by atomic mass is 79.9. The molecular formula is C17H14BrFN2O3. The number of nitro benzene ring substituents is 1. The molecular weight excluding hydrogens is 379 g/mol. The number of carbonyl (C=O) groups excluding carboxylic acids is 1. The number of benzene rings is 2. The molecule has 2 aromatic rings. The van der Waals surface area contributed by atoms with E-state index >= 15 is 0 Å². The van der Waals surface area contributed by atoms with Crippen molar-refractivity contribution in [2.45, 2.75) is 19.8 Å². The van der Waals surface area contributed by atoms with Crippen LogP contribution < -0.4 is 4.90 Å². The fourth-order valence-corrected chi connectivity index (χ4v) is 3.43. The molecule has 24 heavy (non-hydrogen) atoms. The molecule has 0 saturated carbocycles. The Morgan fingerprint density at radius 1 is 1.33 bits per heavy atom. The summed E-state index contributed by atoms with van der Waals surface area (Å²) in [5.41, 5.74) is 1.71. The number of hydrogen-bond acceptors (Lipinski definition) is 3. The molecule has 0 spiro atoms. The number of hydrogen-bond donors (Lipinski definition) is 0. The van der Waals surface area contributed by atoms with Gasteiger partial charge in [0.1, 0.15) is 5.82 Å². The molecule has 0 fully saturated rings. The molecule has 0 saturated heterocycles. The fraction of sp³-hybridized carbons (Fsp3) is 0.235. The average molecular weight is 393 g/mol. The maximum Gasteiger partial charge on any atom is 0.270 e. The van der Waals surface area contributed by atoms with Crippen LogP contribution in [0.5, 0.6) is 0 Å². The van der Waals surface area contributed by atoms with Gasteiger partial charge in [0.25, 0.3) is 11.6 Å². The monoisotopic (exact) mass is 392 g/mol. The number of nitro groups is 1. The van der Waals surface area contributed by atoms with E-state index in [1.54, 1.807) is 13.0 Å². The normalized spacial score (nSPS) is 13.5. The van der Waals surface area contributed by atoms with E-state index in [1.165, 1.54) is 29.2 Å². The Morgan fingerprint density at radius 3 is 2.79 bits per heavy atom. The van der Waals surface area contributed by atoms with Gasteiger partial charge < -0.3 is 4.90 Å². The molecule has 0 unspecified atom stereocenters. The SMILES string of the molecule is Cc1ccc([N+](=O)[O-])cc1C(=O)N1CCCc2cc(Br)cc(F)c21. The number of anilines is 1. The van der Waals surface area contributed by atoms with Crippen LogP contribution in [0.4, 0.5) is 15.8 Å². The van der Waals surface area contributed by atoms with Crippen molar-refractivity contribution in [1.29, 1.82) is 0 Å². The highest BCUT2D eigenvalue weighted by Gasteiger charge is 2.28. The number of non-ortho nitro benzene ring substituents is 1. The van der Waals surface area contributed by atoms with Crippen LogP contribution in [0.25, 0.3) is 0 Å². The number of rotatable bonds is 2. The van der Waals surface area contributed by atoms with E-state index in [-0.39, 0.29) is 16.9 Å². The fourth-order valence-electron chi connectivity index (χ4n) is 2.95. The minimum Gasteiger partial charge on any atom is -0.305 e. The van der Waals surface area contributed by atoms with Gasteiger partial charge in [-0.15, -0.1) is 0 Å². The summed E-state index contributed by atoms with van der Waals surface area (Å²) in [6.45, 7) is 2.09. The maximum absolute atomic E-state index is 14.4. The first-order valence-corrected chi connectivity index (χ1v) is 8.22. The first-order valence-electron chi connectivity index (χ1n) is 7.43. The summed E-state index contributed by atoms with van der Waals surface area (Å²) in [5.74, 6) is -0.895. The molecule has 0 atom stereocenters. The highest BCUT2D eigenvalue weighted by molar-refractivity contribution is 9.10. The summed E-state index contributed by atoms with van der Waals surface area (Å²) < 4.78 is 15.1. The quantitative estimate of drug-likeness (QED) is 0.561. The van der Waals surface area contributed by atoms with Crippen LogP contribution in [0.2, 0.25) is 0 Å². The van der Waals surface area contributed by atoms with Crippen molar-refractivity contribution in [2.24, 2.45) is 0 Å². The van der Waals surface area contributed by atoms with Crippen LogP contribution in [0, 0.1) is 22.9 Å². The van der Waals surface area contributed by atoms with E-state index in [9.17, 15) is 19.3 Å². The number of halogens is 2. The zero-order chi connectivity index (χ0) is 17.4. The summed E-state index contributed by atoms with van der Waals surface area (Å²) in [6.07, 6.45) is 1.39. The molecule has 0 radical (unpaired) electrons. The molecule has 0 N–H and O–H groups in total. The standard InChI is InChI=1S/C17H14BrFN2O3/c1-10-4-5-13(21(23)24)9-14(10)17(22)20-6-2-3-11-7-12(18)8-15(19)16(11)20/h4-5,7-9H,2-3,6H2,1H3. The average Bonchev–Trinajstić information content (AvgIpc) is 2.53. The Morgan fingerprint density at radius 2 is 2.08 bits per heavy atom. The Hall–Kier alpha value is -2.28. The molecule has 5 nitrogen and oxygen atoms in total. The third kappa shape index (κ3) is 2.91. The Labute approximate surface area is 146 Å². The van der Waals surface area contributed by atoms with Crippen molar-refractivity contribution in [3.8, 4) is 0 Å². The maximum atomic E-state index is 14.4. The van der Waals surface area contributed by atoms with Crippen molar-refractivity contribution in [2.75, 3.05) is 11.4 Å². The first kappa shape index (κ1) is 16.6. The second-order valence-corrected chi connectivity index (χ2v) is 6.63. The van der Waals surface area contributed by atoms with Crippen molar-refractivity contribution >= 4 is 33.2 Å². The van der Waals surface area contributed by atoms with Crippen LogP contribution in [0.1, 0.15) is 27.9 Å². The molecule has 1 amide bonds. The summed E-state index contributed by atoms with van der Waals surface area (Å²) in [7, 11) is 0. The predicted molar refractivity (Wildman–Crippen MR) is 91.9 cm³/mol. The summed E-state index contributed by atoms with van der Waals surface area (Å²) in [5, 5.41) is 11.0. The molecule has 2 aromatic carbocycles. The van der Waals surface area contributed by atoms with Crippen LogP contribution in [-0.4, -0.2) is 17.4 Å². The van der Waals surface area contributed by atoms with E-state index in [1.807, 2.05) is 0 Å². The second-order valence-electron chi connectivity index (χ2n) is 5.71. The van der Waals surface area contributed by atoms with Crippen LogP contribution in [-0.2, 0) is 6.42 Å². The third-order valence-corrected chi connectivity index (χ3v) is 4.57. The molecule has 0 aliphatic carbocycles. The van der Waals surface area contributed by atoms with E-state index in [0.29, 0.717) is 29.4 Å². The molecule has 1 aliphatic heterocycles. The Kier molecular flexibility index (Phi) is 4.36. The lowest BCUT2D eigenvalue weighted by Crippen LogP contribution is -2.36. The lowest BCUT2D eigenvalue weighted by molar-refractivity contribution is -0.384. The van der Waals surface area contributed by atoms with Gasteiger partial charge in [-0.05, 0) is 43.0 Å². The van der Waals surface area contributed by atoms with Crippen molar-refractivity contribution in [3.05, 3.63) is 67.4 Å². The van der Waals surface area contributed by atoms with Crippen molar-refractivity contribution < 1.29 is 14.1 Å². The van der Waals surface area contributed by atoms with Gasteiger partial charge in [-0.25, -0.2) is 4.39 Å². The predicted octanol–water partition coefficient (Wildman–Crippen LogP) is 4.40. The van der Waals surface area contributed by atoms with Crippen molar-refractivity contribution in [3.63, 3.8) is 0 Å². The lowest BCUT2D eigenvalue weighted by atomic mass is 9.99. The third-order valence-electron chi connectivity index (χ3n) is 4.11. The zero-order valence-electron chi connectivity index (χ0n) is 12.9. The van der Waals surface area contributed by atoms with Gasteiger partial charge in [0.2, 0.25) is 0 Å². The smallest absolute Gasteiger partial charge is 0.270 e. The molecule has 0 aromatic heterocycles. The van der Waals surface area contributed by atoms with Gasteiger partial charge in [-0.3, -0.25) is 14.9 Å². The topological polar surface area (TPSA) is 63.5 Å². The van der Waals surface area contributed by atoms with Gasteiger partial charge in [0.15, 0.2) is 0 Å². The van der Waals surface area contributed by atoms with Crippen molar-refractivity contribution in [1.82, 2.24) is 0 Å². The van der Waals surface area contributed by atoms with Gasteiger partial charge in [-0.1, -0.05) is 22.0 Å². The number of nitrogens with zero attached hydrogens (tertiary/aromatic N) is 2. The summed E-state index contributed by atoms with van der Waals surface area (Å²) >= 11 is 3.26. The molecule has 124 valence electrons. The van der Waals surface area contributed by atoms with Crippen LogP contribution in [0.3, 0.4) is 0 Å². The number of aryl methyl sites for hydroxylation is 2. The molecule has 1 aliphatic rings. The second kappa shape index (κ2) is 6.32. The zero-order valence-corrected chi connectivity index (χ0v) is 14.5. The lowest BCUT2D eigenvalue weighted by Gasteiger charge is -2.30. The van der Waals surface area contributed by atoms with E-state index < -0.39 is 16.6 Å². The van der Waals surface area contributed by atoms with Gasteiger partial charge in [-0.2, -0.15) is 0 Å². The summed E-state index contributed by atoms with van der Waals surface area (Å²) in [6, 6.07) is 7.27. The van der Waals surface area contributed by atoms with Gasteiger partial charge in [0, 0.05) is 28.7 Å². The first-order chi connectivity index (χ1) is 11.4. The molecule has 3 rings (SSSR count). The largest absolute Gasteiger partial charge is 0.305 e. The Bertz CT molecular complexity index is 854. The van der Waals surface area contributed by atoms with E-state index in [0.717, 1.165) is 5.56 Å².